The number of hydrogen-bond donors (Lipinski definition) is 0. The molecule has 154 valence electrons. The van der Waals surface area contributed by atoms with Gasteiger partial charge < -0.3 is 19.1 Å². The average molecular weight is 396 g/mol. The Morgan fingerprint density at radius 2 is 1.82 bits per heavy atom. The van der Waals surface area contributed by atoms with Gasteiger partial charge in [0.15, 0.2) is 17.3 Å². The number of Topliss-reactive ketones (excluding diaryl/α,β-unsaturated/α-hetero) is 1. The molecule has 28 heavy (non-hydrogen) atoms. The van der Waals surface area contributed by atoms with Gasteiger partial charge in [0.05, 0.1) is 22.3 Å². The molecule has 1 saturated heterocycles. The zero-order valence-electron chi connectivity index (χ0n) is 22.5. The van der Waals surface area contributed by atoms with Crippen molar-refractivity contribution in [3.63, 3.8) is 0 Å². The number of likely N-dealkylation sites (tertiary alicyclic amines) is 1. The van der Waals surface area contributed by atoms with Crippen molar-refractivity contribution in [1.29, 1.82) is 0 Å². The Kier molecular flexibility index (Phi) is 3.97. The third kappa shape index (κ3) is 4.42. The van der Waals surface area contributed by atoms with Crippen LogP contribution in [0.1, 0.15) is 64.2 Å². The van der Waals surface area contributed by atoms with Gasteiger partial charge in [-0.3, -0.25) is 4.79 Å². The van der Waals surface area contributed by atoms with E-state index >= 15 is 0 Å². The van der Waals surface area contributed by atoms with E-state index in [1.54, 1.807) is 4.90 Å². The van der Waals surface area contributed by atoms with Gasteiger partial charge in [-0.25, -0.2) is 4.79 Å². The van der Waals surface area contributed by atoms with E-state index in [-0.39, 0.29) is 35.2 Å². The largest absolute Gasteiger partial charge is 0.493 e. The summed E-state index contributed by atoms with van der Waals surface area (Å²) in [6, 6.07) is 2.67. The molecule has 0 radical (unpaired) electrons. The Hall–Kier alpha value is -2.24. The average Bonchev–Trinajstić information content (AvgIpc) is 2.94. The van der Waals surface area contributed by atoms with Crippen molar-refractivity contribution in [2.45, 2.75) is 52.1 Å². The monoisotopic (exact) mass is 395 g/mol. The number of methoxy groups -OCH3 is 2. The van der Waals surface area contributed by atoms with Crippen molar-refractivity contribution in [2.24, 2.45) is 11.8 Å². The highest BCUT2D eigenvalue weighted by Gasteiger charge is 2.35. The number of ketones is 1. The summed E-state index contributed by atoms with van der Waals surface area (Å²) in [5, 5.41) is 0. The number of nitrogens with zero attached hydrogens (tertiary/aromatic N) is 1. The van der Waals surface area contributed by atoms with Crippen LogP contribution in [0.15, 0.2) is 12.1 Å². The number of rotatable bonds is 4. The van der Waals surface area contributed by atoms with E-state index in [2.05, 4.69) is 0 Å². The zero-order chi connectivity index (χ0) is 25.5. The molecule has 1 aromatic carbocycles. The van der Waals surface area contributed by atoms with Gasteiger partial charge in [0.1, 0.15) is 5.60 Å². The van der Waals surface area contributed by atoms with Crippen LogP contribution < -0.4 is 9.47 Å². The van der Waals surface area contributed by atoms with Crippen molar-refractivity contribution in [3.8, 4) is 11.5 Å². The molecule has 0 bridgehead atoms. The minimum atomic E-state index is -2.83. The lowest BCUT2D eigenvalue weighted by Crippen LogP contribution is -2.42. The molecule has 3 rings (SSSR count). The van der Waals surface area contributed by atoms with Gasteiger partial charge in [0.25, 0.3) is 0 Å². The molecule has 1 unspecified atom stereocenters. The van der Waals surface area contributed by atoms with Crippen LogP contribution in [0.5, 0.6) is 11.5 Å². The summed E-state index contributed by atoms with van der Waals surface area (Å²) in [7, 11) is -5.63. The summed E-state index contributed by atoms with van der Waals surface area (Å²) in [5.74, 6) is -0.709. The van der Waals surface area contributed by atoms with E-state index in [9.17, 15) is 9.59 Å². The van der Waals surface area contributed by atoms with E-state index in [1.165, 1.54) is 12.1 Å². The molecule has 1 amide bonds. The minimum Gasteiger partial charge on any atom is -0.493 e. The fraction of sp³-hybridized carbons (Fsp3) is 0.636. The number of benzene rings is 1. The van der Waals surface area contributed by atoms with E-state index in [4.69, 9.17) is 22.4 Å². The second-order valence-electron chi connectivity index (χ2n) is 8.57. The van der Waals surface area contributed by atoms with Gasteiger partial charge in [0, 0.05) is 24.6 Å². The number of amides is 1. The highest BCUT2D eigenvalue weighted by atomic mass is 16.6. The quantitative estimate of drug-likeness (QED) is 0.768. The molecular formula is C22H31NO5. The molecule has 1 fully saturated rings. The smallest absolute Gasteiger partial charge is 0.410 e. The summed E-state index contributed by atoms with van der Waals surface area (Å²) in [6.07, 6.45) is 2.20. The second kappa shape index (κ2) is 8.02. The molecular weight excluding hydrogens is 358 g/mol. The van der Waals surface area contributed by atoms with Crippen LogP contribution in [-0.4, -0.2) is 49.5 Å². The molecule has 1 aliphatic carbocycles. The zero-order valence-corrected chi connectivity index (χ0v) is 16.5. The second-order valence-corrected chi connectivity index (χ2v) is 8.57. The van der Waals surface area contributed by atoms with Crippen molar-refractivity contribution < 1.29 is 32.0 Å². The predicted octanol–water partition coefficient (Wildman–Crippen LogP) is 4.10. The maximum absolute atomic E-state index is 13.1. The summed E-state index contributed by atoms with van der Waals surface area (Å²) in [4.78, 5) is 27.0. The first-order valence-electron chi connectivity index (χ1n) is 12.6. The standard InChI is InChI=1S/C22H31NO5/c1-22(2,3)28-21(25)23-8-6-14(7-9-23)10-16-11-15-12-18(26-4)19(27-5)13-17(15)20(16)24/h12-14,16H,6-11H2,1-5H3/i4D3,5D3. The molecule has 1 atom stereocenters. The lowest BCUT2D eigenvalue weighted by atomic mass is 9.85. The Balaban J connectivity index is 1.68. The summed E-state index contributed by atoms with van der Waals surface area (Å²) < 4.78 is 59.4. The number of hydrogen-bond acceptors (Lipinski definition) is 5. The Morgan fingerprint density at radius 3 is 2.43 bits per heavy atom. The van der Waals surface area contributed by atoms with E-state index in [1.807, 2.05) is 20.8 Å². The summed E-state index contributed by atoms with van der Waals surface area (Å²) >= 11 is 0. The van der Waals surface area contributed by atoms with Gasteiger partial charge >= 0.3 is 6.09 Å². The van der Waals surface area contributed by atoms with Crippen molar-refractivity contribution in [3.05, 3.63) is 23.3 Å². The molecule has 2 aliphatic rings. The summed E-state index contributed by atoms with van der Waals surface area (Å²) in [6.45, 7) is 6.58. The van der Waals surface area contributed by atoms with Gasteiger partial charge in [-0.15, -0.1) is 0 Å². The number of ether oxygens (including phenoxy) is 3. The molecule has 0 saturated carbocycles. The number of piperidine rings is 1. The molecule has 0 spiro atoms. The molecule has 1 heterocycles. The van der Waals surface area contributed by atoms with Gasteiger partial charge in [-0.1, -0.05) is 0 Å². The first-order chi connectivity index (χ1) is 15.5. The van der Waals surface area contributed by atoms with Crippen LogP contribution in [0.4, 0.5) is 4.79 Å². The van der Waals surface area contributed by atoms with Crippen molar-refractivity contribution >= 4 is 11.9 Å². The highest BCUT2D eigenvalue weighted by Crippen LogP contribution is 2.39. The van der Waals surface area contributed by atoms with Gasteiger partial charge in [-0.05, 0) is 70.1 Å². The normalized spacial score (nSPS) is 24.2. The van der Waals surface area contributed by atoms with E-state index in [0.717, 1.165) is 12.8 Å². The summed E-state index contributed by atoms with van der Waals surface area (Å²) in [5.41, 5.74) is 0.381. The van der Waals surface area contributed by atoms with Gasteiger partial charge in [0.2, 0.25) is 0 Å². The number of carbonyl (C=O) groups excluding carboxylic acids is 2. The van der Waals surface area contributed by atoms with Crippen LogP contribution in [0.3, 0.4) is 0 Å². The maximum Gasteiger partial charge on any atom is 0.410 e. The number of fused-ring (bicyclic) bond motifs is 1. The highest BCUT2D eigenvalue weighted by molar-refractivity contribution is 6.02. The molecule has 1 aromatic rings. The fourth-order valence-corrected chi connectivity index (χ4v) is 4.01. The third-order valence-corrected chi connectivity index (χ3v) is 5.38. The van der Waals surface area contributed by atoms with Crippen molar-refractivity contribution in [1.82, 2.24) is 4.90 Å². The van der Waals surface area contributed by atoms with E-state index in [0.29, 0.717) is 37.1 Å². The van der Waals surface area contributed by atoms with E-state index < -0.39 is 19.7 Å². The molecule has 6 nitrogen and oxygen atoms in total. The topological polar surface area (TPSA) is 65.1 Å². The lowest BCUT2D eigenvalue weighted by Gasteiger charge is -2.34. The predicted molar refractivity (Wildman–Crippen MR) is 106 cm³/mol. The Morgan fingerprint density at radius 1 is 1.18 bits per heavy atom. The first-order valence-corrected chi connectivity index (χ1v) is 9.58. The molecule has 6 heteroatoms. The number of carbonyl (C=O) groups is 2. The van der Waals surface area contributed by atoms with Crippen LogP contribution in [0, 0.1) is 11.8 Å². The Labute approximate surface area is 175 Å². The van der Waals surface area contributed by atoms with Crippen molar-refractivity contribution in [2.75, 3.05) is 27.2 Å². The lowest BCUT2D eigenvalue weighted by molar-refractivity contribution is 0.0175. The fourth-order valence-electron chi connectivity index (χ4n) is 4.01. The SMILES string of the molecule is [2H]C([2H])([2H])Oc1cc2c(cc1OC([2H])([2H])[2H])C(=O)C(CC1CCN(C(=O)OC(C)(C)C)CC1)C2. The maximum atomic E-state index is 13.1. The first kappa shape index (κ1) is 13.9. The minimum absolute atomic E-state index is 0.125. The molecule has 0 N–H and O–H groups in total. The van der Waals surface area contributed by atoms with Crippen LogP contribution in [0.2, 0.25) is 0 Å². The third-order valence-electron chi connectivity index (χ3n) is 5.38. The Bertz CT molecular complexity index is 929. The molecule has 0 aromatic heterocycles. The van der Waals surface area contributed by atoms with Crippen LogP contribution in [0.25, 0.3) is 0 Å². The van der Waals surface area contributed by atoms with Gasteiger partial charge in [-0.2, -0.15) is 0 Å². The van der Waals surface area contributed by atoms with Crippen LogP contribution in [-0.2, 0) is 11.2 Å². The molecule has 1 aliphatic heterocycles. The van der Waals surface area contributed by atoms with Crippen LogP contribution >= 0.6 is 0 Å².